The van der Waals surface area contributed by atoms with Gasteiger partial charge in [0.2, 0.25) is 5.91 Å². The van der Waals surface area contributed by atoms with Gasteiger partial charge < -0.3 is 20.1 Å². The Kier molecular flexibility index (Phi) is 5.91. The van der Waals surface area contributed by atoms with E-state index in [1.807, 2.05) is 38.1 Å². The Bertz CT molecular complexity index is 1120. The van der Waals surface area contributed by atoms with E-state index < -0.39 is 5.54 Å². The van der Waals surface area contributed by atoms with Gasteiger partial charge in [0, 0.05) is 18.6 Å². The molecule has 3 amide bonds. The summed E-state index contributed by atoms with van der Waals surface area (Å²) in [4.78, 5) is 46.2. The molecule has 0 saturated heterocycles. The van der Waals surface area contributed by atoms with Crippen LogP contribution in [0.25, 0.3) is 0 Å². The molecule has 8 heteroatoms. The molecule has 2 fully saturated rings. The van der Waals surface area contributed by atoms with Crippen LogP contribution in [0.15, 0.2) is 30.6 Å². The van der Waals surface area contributed by atoms with Crippen molar-refractivity contribution in [1.29, 1.82) is 0 Å². The van der Waals surface area contributed by atoms with Gasteiger partial charge in [-0.05, 0) is 45.1 Å². The third-order valence-electron chi connectivity index (χ3n) is 7.36. The van der Waals surface area contributed by atoms with Gasteiger partial charge >= 0.3 is 0 Å². The Morgan fingerprint density at radius 3 is 2.62 bits per heavy atom. The monoisotopic (exact) mass is 463 g/mol. The Balaban J connectivity index is 1.37. The third-order valence-corrected chi connectivity index (χ3v) is 7.36. The lowest BCUT2D eigenvalue weighted by molar-refractivity contribution is -0.133. The molecule has 2 heterocycles. The molecular weight excluding hydrogens is 430 g/mol. The van der Waals surface area contributed by atoms with E-state index in [-0.39, 0.29) is 42.0 Å². The largest absolute Gasteiger partial charge is 0.350 e. The lowest BCUT2D eigenvalue weighted by Gasteiger charge is -2.44. The highest BCUT2D eigenvalue weighted by Gasteiger charge is 2.53. The number of carbonyl (C=O) groups excluding carboxylic acids is 3. The van der Waals surface area contributed by atoms with Crippen molar-refractivity contribution in [3.05, 3.63) is 53.1 Å². The molecule has 2 aliphatic carbocycles. The molecule has 2 aromatic rings. The minimum Gasteiger partial charge on any atom is -0.350 e. The summed E-state index contributed by atoms with van der Waals surface area (Å²) in [6.45, 7) is 4.51. The van der Waals surface area contributed by atoms with Crippen molar-refractivity contribution in [3.63, 3.8) is 0 Å². The number of amides is 3. The van der Waals surface area contributed by atoms with Gasteiger partial charge in [-0.15, -0.1) is 0 Å². The number of rotatable bonds is 6. The van der Waals surface area contributed by atoms with E-state index in [1.165, 1.54) is 12.7 Å². The second kappa shape index (κ2) is 8.89. The quantitative estimate of drug-likeness (QED) is 0.688. The maximum atomic E-state index is 13.7. The summed E-state index contributed by atoms with van der Waals surface area (Å²) in [6, 6.07) is 8.15. The van der Waals surface area contributed by atoms with Crippen LogP contribution in [0, 0.1) is 6.92 Å². The van der Waals surface area contributed by atoms with E-state index in [1.54, 1.807) is 9.47 Å². The van der Waals surface area contributed by atoms with Crippen molar-refractivity contribution in [2.24, 2.45) is 0 Å². The molecule has 1 atom stereocenters. The first-order valence-corrected chi connectivity index (χ1v) is 12.4. The molecule has 180 valence electrons. The van der Waals surface area contributed by atoms with Crippen LogP contribution in [0.3, 0.4) is 0 Å². The molecule has 8 nitrogen and oxygen atoms in total. The molecule has 1 aromatic heterocycles. The van der Waals surface area contributed by atoms with Gasteiger partial charge in [0.25, 0.3) is 11.8 Å². The first-order valence-electron chi connectivity index (χ1n) is 12.4. The number of benzene rings is 1. The smallest absolute Gasteiger partial charge is 0.274 e. The molecule has 1 aromatic carbocycles. The Labute approximate surface area is 200 Å². The van der Waals surface area contributed by atoms with Gasteiger partial charge in [-0.3, -0.25) is 14.4 Å². The van der Waals surface area contributed by atoms with Crippen LogP contribution < -0.4 is 10.6 Å². The van der Waals surface area contributed by atoms with E-state index in [2.05, 4.69) is 15.6 Å². The number of hydrogen-bond acceptors (Lipinski definition) is 4. The van der Waals surface area contributed by atoms with Crippen LogP contribution in [0.5, 0.6) is 0 Å². The summed E-state index contributed by atoms with van der Waals surface area (Å²) >= 11 is 0. The van der Waals surface area contributed by atoms with E-state index in [4.69, 9.17) is 0 Å². The van der Waals surface area contributed by atoms with Gasteiger partial charge in [0.05, 0.1) is 12.9 Å². The fraction of sp³-hybridized carbons (Fsp3) is 0.538. The van der Waals surface area contributed by atoms with Crippen molar-refractivity contribution in [2.45, 2.75) is 89.5 Å². The Morgan fingerprint density at radius 2 is 1.91 bits per heavy atom. The highest BCUT2D eigenvalue weighted by atomic mass is 16.2. The number of aromatic nitrogens is 2. The van der Waals surface area contributed by atoms with Crippen LogP contribution in [-0.2, 0) is 17.9 Å². The minimum atomic E-state index is -1.05. The number of nitrogens with zero attached hydrogens (tertiary/aromatic N) is 3. The Morgan fingerprint density at radius 1 is 1.15 bits per heavy atom. The molecule has 34 heavy (non-hydrogen) atoms. The SMILES string of the molecule is Cc1cccc(CNC(=O)C2(C)Cn3cnc(C(=O)NC4CCCCC4)c3C(=O)N2C2CC2)c1. The van der Waals surface area contributed by atoms with E-state index in [0.717, 1.165) is 49.7 Å². The van der Waals surface area contributed by atoms with E-state index >= 15 is 0 Å². The molecule has 3 aliphatic rings. The number of imidazole rings is 1. The zero-order chi connectivity index (χ0) is 23.9. The summed E-state index contributed by atoms with van der Waals surface area (Å²) in [5, 5.41) is 6.11. The number of fused-ring (bicyclic) bond motifs is 1. The normalized spacial score (nSPS) is 22.9. The van der Waals surface area contributed by atoms with Gasteiger partial charge in [0.15, 0.2) is 5.69 Å². The van der Waals surface area contributed by atoms with Crippen LogP contribution in [0.4, 0.5) is 0 Å². The first kappa shape index (κ1) is 22.6. The second-order valence-corrected chi connectivity index (χ2v) is 10.2. The van der Waals surface area contributed by atoms with Gasteiger partial charge in [0.1, 0.15) is 11.2 Å². The molecule has 5 rings (SSSR count). The van der Waals surface area contributed by atoms with Gasteiger partial charge in [-0.1, -0.05) is 49.1 Å². The summed E-state index contributed by atoms with van der Waals surface area (Å²) in [5.41, 5.74) is 1.56. The molecular formula is C26H33N5O3. The van der Waals surface area contributed by atoms with Crippen molar-refractivity contribution < 1.29 is 14.4 Å². The van der Waals surface area contributed by atoms with E-state index in [9.17, 15) is 14.4 Å². The van der Waals surface area contributed by atoms with Gasteiger partial charge in [-0.25, -0.2) is 4.98 Å². The fourth-order valence-corrected chi connectivity index (χ4v) is 5.42. The number of aryl methyl sites for hydroxylation is 1. The average Bonchev–Trinajstić information content (AvgIpc) is 3.55. The number of nitrogens with one attached hydrogen (secondary N) is 2. The van der Waals surface area contributed by atoms with Crippen molar-refractivity contribution >= 4 is 17.7 Å². The van der Waals surface area contributed by atoms with Crippen LogP contribution in [0.2, 0.25) is 0 Å². The molecule has 1 aliphatic heterocycles. The number of carbonyl (C=O) groups is 3. The van der Waals surface area contributed by atoms with E-state index in [0.29, 0.717) is 12.2 Å². The molecule has 2 saturated carbocycles. The lowest BCUT2D eigenvalue weighted by atomic mass is 9.93. The summed E-state index contributed by atoms with van der Waals surface area (Å²) in [5.74, 6) is -0.771. The standard InChI is InChI=1S/C26H33N5O3/c1-17-7-6-8-18(13-17)14-27-25(34)26(2)15-30-16-28-21(22(30)24(33)31(26)20-11-12-20)23(32)29-19-9-4-3-5-10-19/h6-8,13,16,19-20H,3-5,9-12,14-15H2,1-2H3,(H,27,34)(H,29,32). The summed E-state index contributed by atoms with van der Waals surface area (Å²) < 4.78 is 1.68. The number of hydrogen-bond donors (Lipinski definition) is 2. The van der Waals surface area contributed by atoms with Crippen molar-refractivity contribution in [1.82, 2.24) is 25.1 Å². The highest BCUT2D eigenvalue weighted by molar-refractivity contribution is 6.07. The molecule has 0 spiro atoms. The van der Waals surface area contributed by atoms with Crippen molar-refractivity contribution in [2.75, 3.05) is 0 Å². The third kappa shape index (κ3) is 4.21. The highest BCUT2D eigenvalue weighted by Crippen LogP contribution is 2.39. The second-order valence-electron chi connectivity index (χ2n) is 10.2. The molecule has 0 bridgehead atoms. The summed E-state index contributed by atoms with van der Waals surface area (Å²) in [6.07, 6.45) is 8.60. The predicted molar refractivity (Wildman–Crippen MR) is 127 cm³/mol. The minimum absolute atomic E-state index is 0.0140. The Hall–Kier alpha value is -3.16. The van der Waals surface area contributed by atoms with Crippen LogP contribution >= 0.6 is 0 Å². The fourth-order valence-electron chi connectivity index (χ4n) is 5.42. The average molecular weight is 464 g/mol. The summed E-state index contributed by atoms with van der Waals surface area (Å²) in [7, 11) is 0. The van der Waals surface area contributed by atoms with Crippen molar-refractivity contribution in [3.8, 4) is 0 Å². The topological polar surface area (TPSA) is 96.3 Å². The van der Waals surface area contributed by atoms with Crippen LogP contribution in [0.1, 0.15) is 84.0 Å². The predicted octanol–water partition coefficient (Wildman–Crippen LogP) is 2.95. The lowest BCUT2D eigenvalue weighted by Crippen LogP contribution is -2.64. The zero-order valence-electron chi connectivity index (χ0n) is 20.0. The molecule has 1 unspecified atom stereocenters. The van der Waals surface area contributed by atoms with Crippen LogP contribution in [-0.4, -0.2) is 49.8 Å². The maximum Gasteiger partial charge on any atom is 0.274 e. The molecule has 2 N–H and O–H groups in total. The first-order chi connectivity index (χ1) is 16.4. The van der Waals surface area contributed by atoms with Gasteiger partial charge in [-0.2, -0.15) is 0 Å². The maximum absolute atomic E-state index is 13.7. The zero-order valence-corrected chi connectivity index (χ0v) is 20.0. The molecule has 0 radical (unpaired) electrons.